The smallest absolute Gasteiger partial charge is 0.323 e. The van der Waals surface area contributed by atoms with Crippen molar-refractivity contribution in [2.75, 3.05) is 5.75 Å². The van der Waals surface area contributed by atoms with Gasteiger partial charge in [-0.15, -0.1) is 11.8 Å². The lowest BCUT2D eigenvalue weighted by Crippen LogP contribution is -2.28. The number of rotatable bonds is 4. The van der Waals surface area contributed by atoms with Crippen molar-refractivity contribution in [3.05, 3.63) is 52.7 Å². The van der Waals surface area contributed by atoms with Gasteiger partial charge in [0.25, 0.3) is 5.56 Å². The number of aromatic nitrogens is 4. The van der Waals surface area contributed by atoms with Crippen molar-refractivity contribution in [1.82, 2.24) is 19.1 Å². The molecule has 0 saturated carbocycles. The second-order valence-corrected chi connectivity index (χ2v) is 8.12. The van der Waals surface area contributed by atoms with Crippen LogP contribution in [0, 0.1) is 0 Å². The molecule has 0 aliphatic heterocycles. The molecule has 0 radical (unpaired) electrons. The fourth-order valence-corrected chi connectivity index (χ4v) is 4.50. The van der Waals surface area contributed by atoms with E-state index in [4.69, 9.17) is 0 Å². The fourth-order valence-electron chi connectivity index (χ4n) is 3.67. The fraction of sp³-hybridized carbons (Fsp3) is 0.286. The Morgan fingerprint density at radius 2 is 1.90 bits per heavy atom. The number of imidazole rings is 1. The Balaban J connectivity index is 2.05. The van der Waals surface area contributed by atoms with Crippen LogP contribution in [0.1, 0.15) is 19.5 Å². The van der Waals surface area contributed by atoms with E-state index in [2.05, 4.69) is 9.97 Å². The third kappa shape index (κ3) is 3.27. The molecule has 9 heteroatoms. The van der Waals surface area contributed by atoms with Gasteiger partial charge in [-0.3, -0.25) is 9.78 Å². The number of halogens is 3. The Morgan fingerprint density at radius 1 is 1.13 bits per heavy atom. The van der Waals surface area contributed by atoms with Crippen LogP contribution in [0.5, 0.6) is 0 Å². The largest absolute Gasteiger partial charge is 0.431 e. The second-order valence-electron chi connectivity index (χ2n) is 6.81. The summed E-state index contributed by atoms with van der Waals surface area (Å²) in [6.45, 7) is 3.46. The van der Waals surface area contributed by atoms with Crippen LogP contribution in [0.25, 0.3) is 33.2 Å². The highest BCUT2D eigenvalue weighted by Crippen LogP contribution is 2.36. The Kier molecular flexibility index (Phi) is 5.09. The van der Waals surface area contributed by atoms with Crippen LogP contribution >= 0.6 is 11.8 Å². The predicted molar refractivity (Wildman–Crippen MR) is 113 cm³/mol. The van der Waals surface area contributed by atoms with Crippen LogP contribution in [-0.2, 0) is 19.8 Å². The monoisotopic (exact) mass is 432 g/mol. The molecule has 0 amide bonds. The van der Waals surface area contributed by atoms with E-state index in [1.165, 1.54) is 6.92 Å². The van der Waals surface area contributed by atoms with Gasteiger partial charge in [-0.2, -0.15) is 13.2 Å². The number of fused-ring (bicyclic) bond motifs is 2. The molecule has 0 atom stereocenters. The first-order valence-corrected chi connectivity index (χ1v) is 10.4. The molecule has 3 heterocycles. The summed E-state index contributed by atoms with van der Waals surface area (Å²) in [7, 11) is 1.66. The number of alkyl halides is 3. The lowest BCUT2D eigenvalue weighted by molar-refractivity contribution is -0.144. The summed E-state index contributed by atoms with van der Waals surface area (Å²) in [6.07, 6.45) is -1.19. The zero-order valence-corrected chi connectivity index (χ0v) is 17.4. The van der Waals surface area contributed by atoms with Gasteiger partial charge < -0.3 is 9.13 Å². The van der Waals surface area contributed by atoms with E-state index < -0.39 is 17.4 Å². The van der Waals surface area contributed by atoms with Crippen molar-refractivity contribution in [3.8, 4) is 11.4 Å². The first-order chi connectivity index (χ1) is 14.3. The van der Waals surface area contributed by atoms with E-state index in [0.717, 1.165) is 37.6 Å². The summed E-state index contributed by atoms with van der Waals surface area (Å²) in [5, 5.41) is 1.90. The van der Waals surface area contributed by atoms with E-state index >= 15 is 0 Å². The zero-order valence-electron chi connectivity index (χ0n) is 16.6. The quantitative estimate of drug-likeness (QED) is 0.421. The summed E-state index contributed by atoms with van der Waals surface area (Å²) in [4.78, 5) is 22.5. The molecule has 0 fully saturated rings. The number of hydrogen-bond donors (Lipinski definition) is 0. The summed E-state index contributed by atoms with van der Waals surface area (Å²) in [6, 6.07) is 6.77. The van der Waals surface area contributed by atoms with Gasteiger partial charge in [-0.05, 0) is 42.3 Å². The maximum absolute atomic E-state index is 13.5. The van der Waals surface area contributed by atoms with Crippen molar-refractivity contribution in [1.29, 1.82) is 0 Å². The average molecular weight is 432 g/mol. The van der Waals surface area contributed by atoms with Gasteiger partial charge in [0.05, 0.1) is 5.52 Å². The highest BCUT2D eigenvalue weighted by atomic mass is 32.2. The van der Waals surface area contributed by atoms with Crippen LogP contribution in [0.3, 0.4) is 0 Å². The number of hydrogen-bond acceptors (Lipinski definition) is 4. The number of nitrogens with zero attached hydrogens (tertiary/aromatic N) is 4. The predicted octanol–water partition coefficient (Wildman–Crippen LogP) is 5.10. The second kappa shape index (κ2) is 7.46. The zero-order chi connectivity index (χ0) is 21.6. The molecule has 156 valence electrons. The van der Waals surface area contributed by atoms with E-state index in [1.807, 2.05) is 25.1 Å². The van der Waals surface area contributed by atoms with Gasteiger partial charge in [0.15, 0.2) is 0 Å². The third-order valence-corrected chi connectivity index (χ3v) is 5.96. The SMILES string of the molecule is CCSc1cc2cnccc2cc1-c1nc2cc(C(F)(F)F)n(CC)c(=O)c2n1C. The highest BCUT2D eigenvalue weighted by Gasteiger charge is 2.35. The van der Waals surface area contributed by atoms with Crippen molar-refractivity contribution in [2.24, 2.45) is 7.05 Å². The van der Waals surface area contributed by atoms with Gasteiger partial charge in [0.1, 0.15) is 17.0 Å². The lowest BCUT2D eigenvalue weighted by atomic mass is 10.1. The molecule has 30 heavy (non-hydrogen) atoms. The molecule has 0 saturated heterocycles. The minimum absolute atomic E-state index is 0.0387. The maximum atomic E-state index is 13.5. The Labute approximate surface area is 174 Å². The normalized spacial score (nSPS) is 12.2. The van der Waals surface area contributed by atoms with Crippen LogP contribution in [-0.4, -0.2) is 24.9 Å². The minimum Gasteiger partial charge on any atom is -0.323 e. The van der Waals surface area contributed by atoms with Gasteiger partial charge in [-0.1, -0.05) is 6.92 Å². The Bertz CT molecular complexity index is 1320. The Hall–Kier alpha value is -2.81. The highest BCUT2D eigenvalue weighted by molar-refractivity contribution is 7.99. The molecule has 0 aliphatic rings. The first-order valence-electron chi connectivity index (χ1n) is 9.44. The standard InChI is InChI=1S/C21H19F3N4OS/c1-4-28-17(21(22,23)24)10-15-18(20(28)29)27(3)19(26-15)14-8-12-6-7-25-11-13(12)9-16(14)30-5-2/h6-11H,4-5H2,1-3H3. The van der Waals surface area contributed by atoms with E-state index in [1.54, 1.807) is 35.8 Å². The molecule has 4 rings (SSSR count). The molecule has 0 aliphatic carbocycles. The maximum Gasteiger partial charge on any atom is 0.431 e. The molecule has 5 nitrogen and oxygen atoms in total. The van der Waals surface area contributed by atoms with Crippen molar-refractivity contribution in [3.63, 3.8) is 0 Å². The first kappa shape index (κ1) is 20.5. The number of aryl methyl sites for hydroxylation is 1. The minimum atomic E-state index is -4.64. The van der Waals surface area contributed by atoms with Gasteiger partial charge >= 0.3 is 6.18 Å². The molecular weight excluding hydrogens is 413 g/mol. The van der Waals surface area contributed by atoms with Gasteiger partial charge in [0.2, 0.25) is 0 Å². The van der Waals surface area contributed by atoms with Crippen LogP contribution in [0.2, 0.25) is 0 Å². The molecule has 3 aromatic heterocycles. The molecule has 1 aromatic carbocycles. The van der Waals surface area contributed by atoms with E-state index in [0.29, 0.717) is 5.82 Å². The number of benzene rings is 1. The topological polar surface area (TPSA) is 52.7 Å². The summed E-state index contributed by atoms with van der Waals surface area (Å²) < 4.78 is 42.9. The van der Waals surface area contributed by atoms with E-state index in [-0.39, 0.29) is 17.6 Å². The average Bonchev–Trinajstić information content (AvgIpc) is 3.03. The van der Waals surface area contributed by atoms with Crippen molar-refractivity contribution >= 4 is 33.6 Å². The summed E-state index contributed by atoms with van der Waals surface area (Å²) in [5.41, 5.74) is -0.715. The third-order valence-electron chi connectivity index (χ3n) is 5.02. The summed E-state index contributed by atoms with van der Waals surface area (Å²) in [5.74, 6) is 1.27. The molecule has 0 unspecified atom stereocenters. The van der Waals surface area contributed by atoms with Crippen LogP contribution in [0.4, 0.5) is 13.2 Å². The Morgan fingerprint density at radius 3 is 2.57 bits per heavy atom. The van der Waals surface area contributed by atoms with Gasteiger partial charge in [0, 0.05) is 41.8 Å². The van der Waals surface area contributed by atoms with Crippen LogP contribution < -0.4 is 5.56 Å². The summed E-state index contributed by atoms with van der Waals surface area (Å²) >= 11 is 1.61. The van der Waals surface area contributed by atoms with Crippen LogP contribution in [0.15, 0.2) is 46.3 Å². The molecular formula is C21H19F3N4OS. The number of thioether (sulfide) groups is 1. The van der Waals surface area contributed by atoms with Crippen molar-refractivity contribution in [2.45, 2.75) is 31.5 Å². The van der Waals surface area contributed by atoms with Gasteiger partial charge in [-0.25, -0.2) is 4.98 Å². The molecule has 0 bridgehead atoms. The number of pyridine rings is 2. The molecule has 4 aromatic rings. The molecule has 0 spiro atoms. The lowest BCUT2D eigenvalue weighted by Gasteiger charge is -2.14. The van der Waals surface area contributed by atoms with Crippen molar-refractivity contribution < 1.29 is 13.2 Å². The van der Waals surface area contributed by atoms with E-state index in [9.17, 15) is 18.0 Å². The molecule has 0 N–H and O–H groups in total.